The molecule has 3 nitrogen and oxygen atoms in total. The molecule has 0 fully saturated rings. The third-order valence-corrected chi connectivity index (χ3v) is 4.44. The molecule has 0 spiro atoms. The number of nitrogens with one attached hydrogen (secondary N) is 1. The first-order valence-corrected chi connectivity index (χ1v) is 7.91. The lowest BCUT2D eigenvalue weighted by Gasteiger charge is -2.26. The van der Waals surface area contributed by atoms with Gasteiger partial charge in [-0.2, -0.15) is 5.10 Å². The van der Waals surface area contributed by atoms with Crippen LogP contribution in [0.3, 0.4) is 0 Å². The number of hydrogen-bond donors (Lipinski definition) is 1. The molecule has 1 N–H and O–H groups in total. The monoisotopic (exact) mass is 285 g/mol. The quantitative estimate of drug-likeness (QED) is 0.787. The highest BCUT2D eigenvalue weighted by molar-refractivity contribution is 6.31. The summed E-state index contributed by atoms with van der Waals surface area (Å²) in [6, 6.07) is 0.485. The Bertz CT molecular complexity index is 383. The summed E-state index contributed by atoms with van der Waals surface area (Å²) in [4.78, 5) is 0. The van der Waals surface area contributed by atoms with Crippen molar-refractivity contribution in [2.45, 2.75) is 66.5 Å². The van der Waals surface area contributed by atoms with Crippen molar-refractivity contribution in [3.63, 3.8) is 0 Å². The van der Waals surface area contributed by atoms with Gasteiger partial charge in [-0.3, -0.25) is 4.68 Å². The number of aromatic nitrogens is 2. The van der Waals surface area contributed by atoms with Gasteiger partial charge in [0.05, 0.1) is 16.4 Å². The minimum atomic E-state index is 0.485. The van der Waals surface area contributed by atoms with Gasteiger partial charge in [-0.25, -0.2) is 0 Å². The van der Waals surface area contributed by atoms with Crippen LogP contribution in [0, 0.1) is 12.8 Å². The number of aryl methyl sites for hydroxylation is 2. The molecule has 0 aliphatic heterocycles. The second kappa shape index (κ2) is 7.91. The van der Waals surface area contributed by atoms with E-state index < -0.39 is 0 Å². The molecule has 1 aromatic rings. The van der Waals surface area contributed by atoms with Gasteiger partial charge in [0.2, 0.25) is 0 Å². The van der Waals surface area contributed by atoms with E-state index in [1.54, 1.807) is 0 Å². The summed E-state index contributed by atoms with van der Waals surface area (Å²) in [7, 11) is 0. The molecule has 0 amide bonds. The van der Waals surface area contributed by atoms with Crippen molar-refractivity contribution < 1.29 is 0 Å². The lowest BCUT2D eigenvalue weighted by atomic mass is 9.90. The van der Waals surface area contributed by atoms with Gasteiger partial charge < -0.3 is 5.32 Å². The SMILES string of the molecule is CCNC(Cc1c(Cl)c(C)nn1CC)C(CC)CC. The van der Waals surface area contributed by atoms with Crippen LogP contribution in [0.5, 0.6) is 0 Å². The Balaban J connectivity index is 2.95. The van der Waals surface area contributed by atoms with Crippen molar-refractivity contribution >= 4 is 11.6 Å². The molecule has 0 aliphatic carbocycles. The van der Waals surface area contributed by atoms with Gasteiger partial charge in [-0.15, -0.1) is 0 Å². The van der Waals surface area contributed by atoms with Crippen molar-refractivity contribution in [1.29, 1.82) is 0 Å². The topological polar surface area (TPSA) is 29.9 Å². The molecule has 1 heterocycles. The summed E-state index contributed by atoms with van der Waals surface area (Å²) in [5.41, 5.74) is 2.12. The Hall–Kier alpha value is -0.540. The molecule has 1 unspecified atom stereocenters. The van der Waals surface area contributed by atoms with Gasteiger partial charge >= 0.3 is 0 Å². The molecule has 0 bridgehead atoms. The van der Waals surface area contributed by atoms with Crippen molar-refractivity contribution in [3.8, 4) is 0 Å². The maximum absolute atomic E-state index is 6.42. The van der Waals surface area contributed by atoms with Gasteiger partial charge in [0.25, 0.3) is 0 Å². The first-order chi connectivity index (χ1) is 9.08. The summed E-state index contributed by atoms with van der Waals surface area (Å²) in [5.74, 6) is 0.691. The van der Waals surface area contributed by atoms with Crippen molar-refractivity contribution in [2.75, 3.05) is 6.54 Å². The van der Waals surface area contributed by atoms with E-state index in [9.17, 15) is 0 Å². The van der Waals surface area contributed by atoms with E-state index >= 15 is 0 Å². The van der Waals surface area contributed by atoms with E-state index in [0.717, 1.165) is 30.2 Å². The molecular formula is C15H28ClN3. The average molecular weight is 286 g/mol. The van der Waals surface area contributed by atoms with Crippen LogP contribution in [-0.2, 0) is 13.0 Å². The Labute approximate surface area is 122 Å². The molecule has 19 heavy (non-hydrogen) atoms. The standard InChI is InChI=1S/C15H28ClN3/c1-6-12(7-2)13(17-8-3)10-14-15(16)11(5)18-19(14)9-4/h12-13,17H,6-10H2,1-5H3. The average Bonchev–Trinajstić information content (AvgIpc) is 2.68. The maximum Gasteiger partial charge on any atom is 0.0847 e. The van der Waals surface area contributed by atoms with Crippen LogP contribution in [-0.4, -0.2) is 22.4 Å². The van der Waals surface area contributed by atoms with Gasteiger partial charge in [0.15, 0.2) is 0 Å². The molecule has 1 atom stereocenters. The molecule has 0 saturated carbocycles. The third-order valence-electron chi connectivity index (χ3n) is 3.95. The summed E-state index contributed by atoms with van der Waals surface area (Å²) in [6.45, 7) is 12.7. The fraction of sp³-hybridized carbons (Fsp3) is 0.800. The molecule has 1 rings (SSSR count). The molecule has 0 saturated heterocycles. The van der Waals surface area contributed by atoms with Gasteiger partial charge in [-0.05, 0) is 26.3 Å². The number of likely N-dealkylation sites (N-methyl/N-ethyl adjacent to an activating group) is 1. The number of hydrogen-bond acceptors (Lipinski definition) is 2. The smallest absolute Gasteiger partial charge is 0.0847 e. The molecule has 110 valence electrons. The summed E-state index contributed by atoms with van der Waals surface area (Å²) in [6.07, 6.45) is 3.36. The fourth-order valence-corrected chi connectivity index (χ4v) is 3.01. The van der Waals surface area contributed by atoms with Crippen LogP contribution in [0.25, 0.3) is 0 Å². The molecular weight excluding hydrogens is 258 g/mol. The van der Waals surface area contributed by atoms with E-state index in [4.69, 9.17) is 11.6 Å². The van der Waals surface area contributed by atoms with Crippen LogP contribution in [0.4, 0.5) is 0 Å². The first kappa shape index (κ1) is 16.5. The Morgan fingerprint density at radius 2 is 1.84 bits per heavy atom. The molecule has 0 aromatic carbocycles. The zero-order valence-corrected chi connectivity index (χ0v) is 13.7. The highest BCUT2D eigenvalue weighted by atomic mass is 35.5. The van der Waals surface area contributed by atoms with Gasteiger partial charge in [0, 0.05) is 19.0 Å². The van der Waals surface area contributed by atoms with Crippen molar-refractivity contribution in [3.05, 3.63) is 16.4 Å². The predicted octanol–water partition coefficient (Wildman–Crippen LogP) is 3.82. The first-order valence-electron chi connectivity index (χ1n) is 7.53. The maximum atomic E-state index is 6.42. The largest absolute Gasteiger partial charge is 0.314 e. The lowest BCUT2D eigenvalue weighted by molar-refractivity contribution is 0.331. The zero-order chi connectivity index (χ0) is 14.4. The summed E-state index contributed by atoms with van der Waals surface area (Å²) >= 11 is 6.42. The zero-order valence-electron chi connectivity index (χ0n) is 13.0. The minimum Gasteiger partial charge on any atom is -0.314 e. The van der Waals surface area contributed by atoms with E-state index in [-0.39, 0.29) is 0 Å². The van der Waals surface area contributed by atoms with E-state index in [2.05, 4.69) is 38.1 Å². The fourth-order valence-electron chi connectivity index (χ4n) is 2.80. The second-order valence-electron chi connectivity index (χ2n) is 5.11. The third kappa shape index (κ3) is 3.96. The minimum absolute atomic E-state index is 0.485. The predicted molar refractivity (Wildman–Crippen MR) is 82.9 cm³/mol. The number of rotatable bonds is 8. The molecule has 1 aromatic heterocycles. The lowest BCUT2D eigenvalue weighted by Crippen LogP contribution is -2.38. The van der Waals surface area contributed by atoms with Crippen LogP contribution in [0.1, 0.15) is 51.9 Å². The summed E-state index contributed by atoms with van der Waals surface area (Å²) in [5, 5.41) is 8.97. The normalized spacial score (nSPS) is 13.2. The molecule has 0 radical (unpaired) electrons. The van der Waals surface area contributed by atoms with Gasteiger partial charge in [-0.1, -0.05) is 45.2 Å². The number of nitrogens with zero attached hydrogens (tertiary/aromatic N) is 2. The van der Waals surface area contributed by atoms with Crippen molar-refractivity contribution in [1.82, 2.24) is 15.1 Å². The van der Waals surface area contributed by atoms with E-state index in [1.165, 1.54) is 18.5 Å². The Morgan fingerprint density at radius 3 is 2.32 bits per heavy atom. The molecule has 4 heteroatoms. The summed E-state index contributed by atoms with van der Waals surface area (Å²) < 4.78 is 2.05. The Morgan fingerprint density at radius 1 is 1.21 bits per heavy atom. The Kier molecular flexibility index (Phi) is 6.87. The van der Waals surface area contributed by atoms with Gasteiger partial charge in [0.1, 0.15) is 0 Å². The number of halogens is 1. The highest BCUT2D eigenvalue weighted by Gasteiger charge is 2.22. The van der Waals surface area contributed by atoms with Crippen LogP contribution >= 0.6 is 11.6 Å². The molecule has 0 aliphatic rings. The van der Waals surface area contributed by atoms with Crippen LogP contribution < -0.4 is 5.32 Å². The van der Waals surface area contributed by atoms with Crippen molar-refractivity contribution in [2.24, 2.45) is 5.92 Å². The van der Waals surface area contributed by atoms with E-state index in [1.807, 2.05) is 11.6 Å². The highest BCUT2D eigenvalue weighted by Crippen LogP contribution is 2.25. The van der Waals surface area contributed by atoms with Crippen LogP contribution in [0.2, 0.25) is 5.02 Å². The second-order valence-corrected chi connectivity index (χ2v) is 5.48. The van der Waals surface area contributed by atoms with Crippen LogP contribution in [0.15, 0.2) is 0 Å². The van der Waals surface area contributed by atoms with E-state index in [0.29, 0.717) is 12.0 Å².